The Hall–Kier alpha value is -1.61. The molecule has 1 heterocycles. The van der Waals surface area contributed by atoms with Crippen LogP contribution in [0.4, 0.5) is 0 Å². The summed E-state index contributed by atoms with van der Waals surface area (Å²) >= 11 is 1.72. The summed E-state index contributed by atoms with van der Waals surface area (Å²) in [5, 5.41) is 2.07. The number of carbonyl (C=O) groups is 1. The fraction of sp³-hybridized carbons (Fsp3) is 0.312. The van der Waals surface area contributed by atoms with Crippen molar-refractivity contribution in [2.75, 3.05) is 0 Å². The summed E-state index contributed by atoms with van der Waals surface area (Å²) in [6.07, 6.45) is 1.97. The van der Waals surface area contributed by atoms with E-state index in [0.29, 0.717) is 6.04 Å². The van der Waals surface area contributed by atoms with Gasteiger partial charge in [0.1, 0.15) is 0 Å². The third-order valence-electron chi connectivity index (χ3n) is 3.78. The predicted octanol–water partition coefficient (Wildman–Crippen LogP) is 3.26. The number of nitrogens with zero attached hydrogens (tertiary/aromatic N) is 1. The Morgan fingerprint density at radius 3 is 2.42 bits per heavy atom. The molecule has 0 unspecified atom stereocenters. The second-order valence-electron chi connectivity index (χ2n) is 5.06. The van der Waals surface area contributed by atoms with Crippen LogP contribution >= 0.6 is 11.3 Å². The first kappa shape index (κ1) is 12.4. The Labute approximate surface area is 117 Å². The van der Waals surface area contributed by atoms with E-state index in [1.165, 1.54) is 16.0 Å². The minimum atomic E-state index is 0.172. The Kier molecular flexibility index (Phi) is 3.38. The molecule has 0 saturated carbocycles. The van der Waals surface area contributed by atoms with E-state index in [9.17, 15) is 4.79 Å². The van der Waals surface area contributed by atoms with Crippen molar-refractivity contribution < 1.29 is 4.79 Å². The van der Waals surface area contributed by atoms with Crippen LogP contribution in [0.15, 0.2) is 41.8 Å². The highest BCUT2D eigenvalue weighted by Crippen LogP contribution is 2.27. The minimum Gasteiger partial charge on any atom is -0.334 e. The predicted molar refractivity (Wildman–Crippen MR) is 78.2 cm³/mol. The van der Waals surface area contributed by atoms with Gasteiger partial charge in [-0.15, -0.1) is 11.3 Å². The summed E-state index contributed by atoms with van der Waals surface area (Å²) in [6.45, 7) is 2.42. The lowest BCUT2D eigenvalue weighted by Gasteiger charge is -2.27. The number of hydrogen-bond acceptors (Lipinski definition) is 2. The molecule has 2 nitrogen and oxygen atoms in total. The normalized spacial score (nSPS) is 14.4. The van der Waals surface area contributed by atoms with Gasteiger partial charge in [-0.2, -0.15) is 0 Å². The molecule has 0 spiro atoms. The highest BCUT2D eigenvalue weighted by molar-refractivity contribution is 7.09. The van der Waals surface area contributed by atoms with E-state index in [4.69, 9.17) is 0 Å². The van der Waals surface area contributed by atoms with Crippen molar-refractivity contribution in [1.82, 2.24) is 4.90 Å². The second kappa shape index (κ2) is 5.17. The molecule has 0 radical (unpaired) electrons. The maximum atomic E-state index is 11.9. The zero-order valence-corrected chi connectivity index (χ0v) is 11.8. The second-order valence-corrected chi connectivity index (χ2v) is 6.09. The molecule has 98 valence electrons. The standard InChI is InChI=1S/C16H17NOS/c1-12(18)17(11-16-7-4-8-19-16)15-9-13-5-2-3-6-14(13)10-15/h2-8,15H,9-11H2,1H3. The van der Waals surface area contributed by atoms with E-state index in [2.05, 4.69) is 35.7 Å². The van der Waals surface area contributed by atoms with Gasteiger partial charge < -0.3 is 4.90 Å². The number of fused-ring (bicyclic) bond motifs is 1. The molecule has 19 heavy (non-hydrogen) atoms. The largest absolute Gasteiger partial charge is 0.334 e. The Bertz CT molecular complexity index is 551. The SMILES string of the molecule is CC(=O)N(Cc1cccs1)C1Cc2ccccc2C1. The molecule has 0 atom stereocenters. The molecule has 0 aliphatic heterocycles. The van der Waals surface area contributed by atoms with Crippen molar-refractivity contribution in [3.8, 4) is 0 Å². The van der Waals surface area contributed by atoms with Gasteiger partial charge in [-0.3, -0.25) is 4.79 Å². The highest BCUT2D eigenvalue weighted by atomic mass is 32.1. The summed E-state index contributed by atoms with van der Waals surface area (Å²) in [7, 11) is 0. The van der Waals surface area contributed by atoms with Crippen molar-refractivity contribution in [2.45, 2.75) is 32.4 Å². The zero-order valence-electron chi connectivity index (χ0n) is 11.0. The molecular weight excluding hydrogens is 254 g/mol. The topological polar surface area (TPSA) is 20.3 Å². The average molecular weight is 271 g/mol. The minimum absolute atomic E-state index is 0.172. The van der Waals surface area contributed by atoms with Crippen molar-refractivity contribution in [2.24, 2.45) is 0 Å². The molecule has 1 aliphatic rings. The van der Waals surface area contributed by atoms with E-state index in [-0.39, 0.29) is 5.91 Å². The van der Waals surface area contributed by atoms with E-state index in [0.717, 1.165) is 19.4 Å². The molecule has 3 heteroatoms. The van der Waals surface area contributed by atoms with Gasteiger partial charge >= 0.3 is 0 Å². The van der Waals surface area contributed by atoms with Gasteiger partial charge in [-0.1, -0.05) is 30.3 Å². The fourth-order valence-corrected chi connectivity index (χ4v) is 3.53. The zero-order chi connectivity index (χ0) is 13.2. The van der Waals surface area contributed by atoms with Crippen molar-refractivity contribution in [1.29, 1.82) is 0 Å². The number of benzene rings is 1. The number of thiophene rings is 1. The summed E-state index contributed by atoms with van der Waals surface area (Å²) in [4.78, 5) is 15.2. The molecule has 1 aromatic carbocycles. The van der Waals surface area contributed by atoms with Crippen LogP contribution in [0.2, 0.25) is 0 Å². The van der Waals surface area contributed by atoms with Gasteiger partial charge in [-0.25, -0.2) is 0 Å². The molecule has 1 amide bonds. The lowest BCUT2D eigenvalue weighted by Crippen LogP contribution is -2.38. The maximum absolute atomic E-state index is 11.9. The monoisotopic (exact) mass is 271 g/mol. The van der Waals surface area contributed by atoms with Crippen molar-refractivity contribution in [3.63, 3.8) is 0 Å². The van der Waals surface area contributed by atoms with Crippen LogP contribution < -0.4 is 0 Å². The smallest absolute Gasteiger partial charge is 0.220 e. The number of amides is 1. The molecule has 0 saturated heterocycles. The van der Waals surface area contributed by atoms with Crippen molar-refractivity contribution in [3.05, 3.63) is 57.8 Å². The summed E-state index contributed by atoms with van der Waals surface area (Å²) in [5.74, 6) is 0.172. The first-order valence-corrected chi connectivity index (χ1v) is 7.48. The average Bonchev–Trinajstić information content (AvgIpc) is 3.04. The van der Waals surface area contributed by atoms with Crippen LogP contribution in [0.25, 0.3) is 0 Å². The van der Waals surface area contributed by atoms with Crippen LogP contribution in [0.5, 0.6) is 0 Å². The first-order chi connectivity index (χ1) is 9.24. The van der Waals surface area contributed by atoms with Gasteiger partial charge in [0.15, 0.2) is 0 Å². The van der Waals surface area contributed by atoms with Crippen LogP contribution in [0.3, 0.4) is 0 Å². The van der Waals surface area contributed by atoms with Gasteiger partial charge in [0, 0.05) is 17.8 Å². The lowest BCUT2D eigenvalue weighted by atomic mass is 10.1. The number of carbonyl (C=O) groups excluding carboxylic acids is 1. The highest BCUT2D eigenvalue weighted by Gasteiger charge is 2.28. The Morgan fingerprint density at radius 1 is 1.21 bits per heavy atom. The third kappa shape index (κ3) is 2.56. The molecule has 1 aromatic heterocycles. The Balaban J connectivity index is 1.78. The molecular formula is C16H17NOS. The van der Waals surface area contributed by atoms with Crippen molar-refractivity contribution >= 4 is 17.2 Å². The lowest BCUT2D eigenvalue weighted by molar-refractivity contribution is -0.131. The molecule has 3 rings (SSSR count). The molecule has 0 bridgehead atoms. The fourth-order valence-electron chi connectivity index (χ4n) is 2.82. The molecule has 2 aromatic rings. The van der Waals surface area contributed by atoms with E-state index in [1.54, 1.807) is 18.3 Å². The third-order valence-corrected chi connectivity index (χ3v) is 4.64. The van der Waals surface area contributed by atoms with Crippen LogP contribution in [-0.4, -0.2) is 16.8 Å². The first-order valence-electron chi connectivity index (χ1n) is 6.60. The molecule has 1 aliphatic carbocycles. The summed E-state index contributed by atoms with van der Waals surface area (Å²) < 4.78 is 0. The molecule has 0 N–H and O–H groups in total. The quantitative estimate of drug-likeness (QED) is 0.839. The van der Waals surface area contributed by atoms with Gasteiger partial charge in [0.05, 0.1) is 6.54 Å². The van der Waals surface area contributed by atoms with Crippen LogP contribution in [0, 0.1) is 0 Å². The number of hydrogen-bond donors (Lipinski definition) is 0. The summed E-state index contributed by atoms with van der Waals surface area (Å²) in [6, 6.07) is 13.0. The van der Waals surface area contributed by atoms with Crippen LogP contribution in [0.1, 0.15) is 22.9 Å². The van der Waals surface area contributed by atoms with Crippen LogP contribution in [-0.2, 0) is 24.2 Å². The molecule has 0 fully saturated rings. The van der Waals surface area contributed by atoms with E-state index < -0.39 is 0 Å². The van der Waals surface area contributed by atoms with Gasteiger partial charge in [0.2, 0.25) is 5.91 Å². The number of rotatable bonds is 3. The Morgan fingerprint density at radius 2 is 1.89 bits per heavy atom. The summed E-state index contributed by atoms with van der Waals surface area (Å²) in [5.41, 5.74) is 2.79. The van der Waals surface area contributed by atoms with E-state index >= 15 is 0 Å². The van der Waals surface area contributed by atoms with E-state index in [1.807, 2.05) is 11.0 Å². The maximum Gasteiger partial charge on any atom is 0.220 e. The van der Waals surface area contributed by atoms with Gasteiger partial charge in [0.25, 0.3) is 0 Å². The van der Waals surface area contributed by atoms with Gasteiger partial charge in [-0.05, 0) is 35.4 Å².